The SMILES string of the molecule is C[C@@H](Nc1ccnc(C2=CNC3=NC=C(Cl)CC23)n1)C(=O)NCC(F)(F)F. The number of nitrogens with one attached hydrogen (secondary N) is 3. The van der Waals surface area contributed by atoms with E-state index in [9.17, 15) is 18.0 Å². The third-order valence-electron chi connectivity index (χ3n) is 3.96. The van der Waals surface area contributed by atoms with Crippen molar-refractivity contribution in [2.24, 2.45) is 10.9 Å². The van der Waals surface area contributed by atoms with Crippen LogP contribution in [0.15, 0.2) is 34.7 Å². The Bertz CT molecular complexity index is 836. The Labute approximate surface area is 157 Å². The van der Waals surface area contributed by atoms with Crippen molar-refractivity contribution in [3.8, 4) is 0 Å². The summed E-state index contributed by atoms with van der Waals surface area (Å²) in [5, 5.41) is 8.27. The van der Waals surface area contributed by atoms with Gasteiger partial charge in [0.05, 0.1) is 5.92 Å². The van der Waals surface area contributed by atoms with Crippen LogP contribution in [0.4, 0.5) is 19.0 Å². The molecule has 0 fully saturated rings. The number of amidine groups is 1. The minimum absolute atomic E-state index is 0.0924. The standard InChI is InChI=1S/C16H16ClF3N6O/c1-8(15(27)24-7-16(18,19)20)25-12-2-3-21-14(26-12)11-6-23-13-10(11)4-9(17)5-22-13/h2-3,5-6,8,10H,4,7H2,1H3,(H,22,23)(H,24,27)(H,21,25,26)/t8-,10?/m1/s1. The Hall–Kier alpha value is -2.62. The van der Waals surface area contributed by atoms with Crippen molar-refractivity contribution < 1.29 is 18.0 Å². The van der Waals surface area contributed by atoms with Gasteiger partial charge in [-0.05, 0) is 19.4 Å². The maximum atomic E-state index is 12.2. The van der Waals surface area contributed by atoms with E-state index in [2.05, 4.69) is 25.6 Å². The lowest BCUT2D eigenvalue weighted by molar-refractivity contribution is -0.138. The maximum absolute atomic E-state index is 12.2. The van der Waals surface area contributed by atoms with Gasteiger partial charge < -0.3 is 16.0 Å². The van der Waals surface area contributed by atoms with Crippen molar-refractivity contribution in [3.63, 3.8) is 0 Å². The summed E-state index contributed by atoms with van der Waals surface area (Å²) in [6, 6.07) is 0.623. The van der Waals surface area contributed by atoms with Gasteiger partial charge in [-0.15, -0.1) is 0 Å². The second kappa shape index (κ2) is 7.55. The predicted molar refractivity (Wildman–Crippen MR) is 94.8 cm³/mol. The predicted octanol–water partition coefficient (Wildman–Crippen LogP) is 2.40. The molecule has 0 aromatic carbocycles. The number of amides is 1. The third kappa shape index (κ3) is 4.76. The molecule has 3 rings (SSSR count). The number of hydrogen-bond acceptors (Lipinski definition) is 6. The van der Waals surface area contributed by atoms with Gasteiger partial charge in [-0.3, -0.25) is 4.79 Å². The summed E-state index contributed by atoms with van der Waals surface area (Å²) >= 11 is 6.05. The lowest BCUT2D eigenvalue weighted by Gasteiger charge is -2.18. The number of carbonyl (C=O) groups is 1. The average molecular weight is 401 g/mol. The van der Waals surface area contributed by atoms with Crippen LogP contribution in [0.3, 0.4) is 0 Å². The van der Waals surface area contributed by atoms with E-state index in [1.54, 1.807) is 12.4 Å². The minimum Gasteiger partial charge on any atom is -0.359 e. The molecule has 1 aromatic heterocycles. The zero-order valence-electron chi connectivity index (χ0n) is 14.1. The van der Waals surface area contributed by atoms with Crippen LogP contribution < -0.4 is 16.0 Å². The first-order valence-corrected chi connectivity index (χ1v) is 8.44. The summed E-state index contributed by atoms with van der Waals surface area (Å²) in [6.45, 7) is 0.0594. The van der Waals surface area contributed by atoms with E-state index in [-0.39, 0.29) is 5.92 Å². The maximum Gasteiger partial charge on any atom is 0.405 e. The average Bonchev–Trinajstić information content (AvgIpc) is 3.02. The fourth-order valence-electron chi connectivity index (χ4n) is 2.65. The Morgan fingerprint density at radius 1 is 1.48 bits per heavy atom. The number of allylic oxidation sites excluding steroid dienone is 1. The van der Waals surface area contributed by atoms with E-state index in [0.717, 1.165) is 11.4 Å². The Balaban J connectivity index is 1.67. The summed E-state index contributed by atoms with van der Waals surface area (Å²) < 4.78 is 36.6. The summed E-state index contributed by atoms with van der Waals surface area (Å²) in [4.78, 5) is 24.6. The largest absolute Gasteiger partial charge is 0.405 e. The minimum atomic E-state index is -4.46. The van der Waals surface area contributed by atoms with Crippen molar-refractivity contribution in [2.45, 2.75) is 25.6 Å². The molecule has 1 unspecified atom stereocenters. The number of alkyl halides is 3. The molecule has 27 heavy (non-hydrogen) atoms. The summed E-state index contributed by atoms with van der Waals surface area (Å²) in [5.74, 6) is 0.602. The van der Waals surface area contributed by atoms with E-state index in [1.165, 1.54) is 19.2 Å². The first-order valence-electron chi connectivity index (χ1n) is 8.06. The molecule has 2 aliphatic heterocycles. The second-order valence-electron chi connectivity index (χ2n) is 6.06. The van der Waals surface area contributed by atoms with Crippen LogP contribution in [0.2, 0.25) is 0 Å². The van der Waals surface area contributed by atoms with Crippen molar-refractivity contribution >= 4 is 34.7 Å². The highest BCUT2D eigenvalue weighted by molar-refractivity contribution is 6.30. The van der Waals surface area contributed by atoms with Crippen LogP contribution >= 0.6 is 11.6 Å². The smallest absolute Gasteiger partial charge is 0.359 e. The zero-order valence-corrected chi connectivity index (χ0v) is 14.9. The number of hydrogen-bond donors (Lipinski definition) is 3. The molecule has 3 N–H and O–H groups in total. The molecular formula is C16H16ClF3N6O. The quantitative estimate of drug-likeness (QED) is 0.706. The molecule has 0 bridgehead atoms. The number of rotatable bonds is 5. The van der Waals surface area contributed by atoms with E-state index < -0.39 is 24.7 Å². The molecule has 1 aromatic rings. The molecule has 0 aliphatic carbocycles. The first kappa shape index (κ1) is 19.2. The lowest BCUT2D eigenvalue weighted by Crippen LogP contribution is -2.42. The van der Waals surface area contributed by atoms with Crippen molar-refractivity contribution in [3.05, 3.63) is 35.5 Å². The number of aliphatic imine (C=N–C) groups is 1. The zero-order chi connectivity index (χ0) is 19.6. The highest BCUT2D eigenvalue weighted by atomic mass is 35.5. The van der Waals surface area contributed by atoms with E-state index in [1.807, 2.05) is 5.32 Å². The van der Waals surface area contributed by atoms with Crippen LogP contribution in [-0.4, -0.2) is 40.5 Å². The van der Waals surface area contributed by atoms with Gasteiger partial charge in [0.1, 0.15) is 24.2 Å². The van der Waals surface area contributed by atoms with Gasteiger partial charge >= 0.3 is 6.18 Å². The van der Waals surface area contributed by atoms with Gasteiger partial charge in [0.25, 0.3) is 0 Å². The third-order valence-corrected chi connectivity index (χ3v) is 4.21. The molecule has 0 spiro atoms. The molecule has 1 amide bonds. The van der Waals surface area contributed by atoms with Gasteiger partial charge in [-0.2, -0.15) is 13.2 Å². The number of halogens is 4. The first-order chi connectivity index (χ1) is 12.7. The summed E-state index contributed by atoms with van der Waals surface area (Å²) in [5.41, 5.74) is 0.790. The Morgan fingerprint density at radius 2 is 2.26 bits per heavy atom. The Kier molecular flexibility index (Phi) is 5.36. The van der Waals surface area contributed by atoms with Crippen LogP contribution in [0.1, 0.15) is 19.2 Å². The number of anilines is 1. The van der Waals surface area contributed by atoms with Crippen molar-refractivity contribution in [1.82, 2.24) is 20.6 Å². The number of fused-ring (bicyclic) bond motifs is 1. The van der Waals surface area contributed by atoms with Crippen molar-refractivity contribution in [1.29, 1.82) is 0 Å². The normalized spacial score (nSPS) is 19.9. The van der Waals surface area contributed by atoms with E-state index in [4.69, 9.17) is 11.6 Å². The molecule has 2 atom stereocenters. The van der Waals surface area contributed by atoms with Crippen LogP contribution in [0.25, 0.3) is 5.57 Å². The topological polar surface area (TPSA) is 91.3 Å². The molecule has 11 heteroatoms. The van der Waals surface area contributed by atoms with E-state index in [0.29, 0.717) is 23.1 Å². The highest BCUT2D eigenvalue weighted by Crippen LogP contribution is 2.34. The molecule has 0 saturated carbocycles. The van der Waals surface area contributed by atoms with Crippen LogP contribution in [0.5, 0.6) is 0 Å². The van der Waals surface area contributed by atoms with E-state index >= 15 is 0 Å². The fourth-order valence-corrected chi connectivity index (χ4v) is 2.85. The Morgan fingerprint density at radius 3 is 3.00 bits per heavy atom. The molecule has 0 saturated heterocycles. The number of aromatic nitrogens is 2. The van der Waals surface area contributed by atoms with Gasteiger partial charge in [-0.1, -0.05) is 11.6 Å². The monoisotopic (exact) mass is 400 g/mol. The molecule has 7 nitrogen and oxygen atoms in total. The van der Waals surface area contributed by atoms with Crippen molar-refractivity contribution in [2.75, 3.05) is 11.9 Å². The molecule has 2 aliphatic rings. The highest BCUT2D eigenvalue weighted by Gasteiger charge is 2.31. The van der Waals surface area contributed by atoms with Crippen LogP contribution in [-0.2, 0) is 4.79 Å². The van der Waals surface area contributed by atoms with Crippen LogP contribution in [0, 0.1) is 5.92 Å². The van der Waals surface area contributed by atoms with Gasteiger partial charge in [0.2, 0.25) is 5.91 Å². The summed E-state index contributed by atoms with van der Waals surface area (Å²) in [7, 11) is 0. The molecule has 0 radical (unpaired) electrons. The molecular weight excluding hydrogens is 385 g/mol. The lowest BCUT2D eigenvalue weighted by atomic mass is 9.95. The summed E-state index contributed by atoms with van der Waals surface area (Å²) in [6.07, 6.45) is 0.925. The van der Waals surface area contributed by atoms with Gasteiger partial charge in [-0.25, -0.2) is 15.0 Å². The van der Waals surface area contributed by atoms with Gasteiger partial charge in [0.15, 0.2) is 5.82 Å². The number of nitrogens with zero attached hydrogens (tertiary/aromatic N) is 3. The fraction of sp³-hybridized carbons (Fsp3) is 0.375. The number of carbonyl (C=O) groups excluding carboxylic acids is 1. The van der Waals surface area contributed by atoms with Gasteiger partial charge in [0, 0.05) is 29.2 Å². The second-order valence-corrected chi connectivity index (χ2v) is 6.54. The molecule has 144 valence electrons. The molecule has 3 heterocycles.